The summed E-state index contributed by atoms with van der Waals surface area (Å²) in [5.41, 5.74) is -0.785. The van der Waals surface area contributed by atoms with Crippen LogP contribution in [0.25, 0.3) is 0 Å². The summed E-state index contributed by atoms with van der Waals surface area (Å²) in [6.07, 6.45) is -0.0610. The third-order valence-corrected chi connectivity index (χ3v) is 2.61. The van der Waals surface area contributed by atoms with Gasteiger partial charge in [-0.3, -0.25) is 0 Å². The van der Waals surface area contributed by atoms with Crippen molar-refractivity contribution in [2.24, 2.45) is 0 Å². The number of nitrogens with one attached hydrogen (secondary N) is 1. The predicted octanol–water partition coefficient (Wildman–Crippen LogP) is -0.766. The van der Waals surface area contributed by atoms with Crippen molar-refractivity contribution in [1.29, 1.82) is 0 Å². The number of hydrogen-bond donors (Lipinski definition) is 4. The second kappa shape index (κ2) is 6.41. The SMILES string of the molecule is CN(C(=O)NC(CCO)C(=O)O)C(C)(C)CO. The van der Waals surface area contributed by atoms with Crippen LogP contribution in [0.15, 0.2) is 0 Å². The van der Waals surface area contributed by atoms with E-state index in [0.29, 0.717) is 0 Å². The molecule has 0 aromatic carbocycles. The Hall–Kier alpha value is -1.34. The van der Waals surface area contributed by atoms with E-state index in [9.17, 15) is 9.59 Å². The average Bonchev–Trinajstić information content (AvgIpc) is 2.27. The smallest absolute Gasteiger partial charge is 0.326 e. The third kappa shape index (κ3) is 4.58. The van der Waals surface area contributed by atoms with Crippen molar-refractivity contribution in [2.75, 3.05) is 20.3 Å². The number of likely N-dealkylation sites (N-methyl/N-ethyl adjacent to an activating group) is 1. The van der Waals surface area contributed by atoms with Crippen LogP contribution in [-0.4, -0.2) is 64.1 Å². The molecule has 0 aliphatic rings. The quantitative estimate of drug-likeness (QED) is 0.493. The van der Waals surface area contributed by atoms with Crippen LogP contribution in [-0.2, 0) is 4.79 Å². The van der Waals surface area contributed by atoms with Crippen LogP contribution in [0.3, 0.4) is 0 Å². The Balaban J connectivity index is 4.56. The van der Waals surface area contributed by atoms with Crippen LogP contribution in [0.1, 0.15) is 20.3 Å². The van der Waals surface area contributed by atoms with E-state index in [1.54, 1.807) is 13.8 Å². The molecule has 0 aromatic heterocycles. The van der Waals surface area contributed by atoms with Gasteiger partial charge in [0.2, 0.25) is 0 Å². The van der Waals surface area contributed by atoms with Gasteiger partial charge in [0.05, 0.1) is 12.1 Å². The minimum absolute atomic E-state index is 0.0610. The van der Waals surface area contributed by atoms with Crippen LogP contribution in [0, 0.1) is 0 Å². The first-order valence-electron chi connectivity index (χ1n) is 5.25. The molecule has 1 atom stereocenters. The maximum atomic E-state index is 11.7. The number of carboxylic acids is 1. The zero-order chi connectivity index (χ0) is 13.6. The van der Waals surface area contributed by atoms with Crippen LogP contribution >= 0.6 is 0 Å². The molecule has 0 heterocycles. The van der Waals surface area contributed by atoms with E-state index in [1.807, 2.05) is 0 Å². The number of nitrogens with zero attached hydrogens (tertiary/aromatic N) is 1. The van der Waals surface area contributed by atoms with Crippen LogP contribution < -0.4 is 5.32 Å². The van der Waals surface area contributed by atoms with Gasteiger partial charge in [-0.05, 0) is 13.8 Å². The number of amides is 2. The topological polar surface area (TPSA) is 110 Å². The van der Waals surface area contributed by atoms with E-state index in [0.717, 1.165) is 0 Å². The lowest BCUT2D eigenvalue weighted by Crippen LogP contribution is -2.55. The minimum atomic E-state index is -1.21. The number of carboxylic acid groups (broad SMARTS) is 1. The fourth-order valence-electron chi connectivity index (χ4n) is 1.01. The fraction of sp³-hybridized carbons (Fsp3) is 0.800. The van der Waals surface area contributed by atoms with Crippen LogP contribution in [0.2, 0.25) is 0 Å². The summed E-state index contributed by atoms with van der Waals surface area (Å²) in [4.78, 5) is 23.7. The van der Waals surface area contributed by atoms with E-state index in [2.05, 4.69) is 5.32 Å². The molecular formula is C10H20N2O5. The van der Waals surface area contributed by atoms with E-state index in [-0.39, 0.29) is 19.6 Å². The molecule has 0 radical (unpaired) electrons. The molecule has 2 amide bonds. The van der Waals surface area contributed by atoms with Crippen molar-refractivity contribution < 1.29 is 24.9 Å². The number of carbonyl (C=O) groups is 2. The van der Waals surface area contributed by atoms with E-state index in [1.165, 1.54) is 11.9 Å². The van der Waals surface area contributed by atoms with Gasteiger partial charge in [-0.2, -0.15) is 0 Å². The van der Waals surface area contributed by atoms with Gasteiger partial charge in [0.1, 0.15) is 6.04 Å². The summed E-state index contributed by atoms with van der Waals surface area (Å²) in [7, 11) is 1.46. The summed E-state index contributed by atoms with van der Waals surface area (Å²) in [5.74, 6) is -1.21. The first kappa shape index (κ1) is 15.7. The number of hydrogen-bond acceptors (Lipinski definition) is 4. The zero-order valence-electron chi connectivity index (χ0n) is 10.3. The van der Waals surface area contributed by atoms with Crippen LogP contribution in [0.4, 0.5) is 4.79 Å². The van der Waals surface area contributed by atoms with Crippen molar-refractivity contribution in [3.63, 3.8) is 0 Å². The van der Waals surface area contributed by atoms with Gasteiger partial charge in [0, 0.05) is 20.1 Å². The van der Waals surface area contributed by atoms with Crippen molar-refractivity contribution in [2.45, 2.75) is 31.8 Å². The summed E-state index contributed by atoms with van der Waals surface area (Å²) in [6.45, 7) is 2.72. The molecule has 7 nitrogen and oxygen atoms in total. The molecule has 0 saturated carbocycles. The summed E-state index contributed by atoms with van der Waals surface area (Å²) >= 11 is 0. The van der Waals surface area contributed by atoms with Crippen molar-refractivity contribution in [3.8, 4) is 0 Å². The van der Waals surface area contributed by atoms with Gasteiger partial charge < -0.3 is 25.5 Å². The van der Waals surface area contributed by atoms with Crippen molar-refractivity contribution in [1.82, 2.24) is 10.2 Å². The van der Waals surface area contributed by atoms with E-state index >= 15 is 0 Å². The minimum Gasteiger partial charge on any atom is -0.480 e. The maximum Gasteiger partial charge on any atom is 0.326 e. The monoisotopic (exact) mass is 248 g/mol. The highest BCUT2D eigenvalue weighted by Gasteiger charge is 2.29. The number of aliphatic carboxylic acids is 1. The standard InChI is InChI=1S/C10H20N2O5/c1-10(2,6-14)12(3)9(17)11-7(4-5-13)8(15)16/h7,13-14H,4-6H2,1-3H3,(H,11,17)(H,15,16). The number of aliphatic hydroxyl groups is 2. The fourth-order valence-corrected chi connectivity index (χ4v) is 1.01. The Morgan fingerprint density at radius 3 is 2.24 bits per heavy atom. The largest absolute Gasteiger partial charge is 0.480 e. The molecule has 0 aliphatic heterocycles. The van der Waals surface area contributed by atoms with Crippen LogP contribution in [0.5, 0.6) is 0 Å². The number of rotatable bonds is 6. The molecule has 0 rings (SSSR count). The number of aliphatic hydroxyl groups excluding tert-OH is 2. The Morgan fingerprint density at radius 1 is 1.35 bits per heavy atom. The molecule has 0 aromatic rings. The molecule has 4 N–H and O–H groups in total. The predicted molar refractivity (Wildman–Crippen MR) is 60.6 cm³/mol. The average molecular weight is 248 g/mol. The molecule has 0 fully saturated rings. The lowest BCUT2D eigenvalue weighted by Gasteiger charge is -2.34. The molecule has 0 saturated heterocycles. The summed E-state index contributed by atoms with van der Waals surface area (Å²) in [5, 5.41) is 28.8. The maximum absolute atomic E-state index is 11.7. The lowest BCUT2D eigenvalue weighted by molar-refractivity contribution is -0.139. The molecule has 0 spiro atoms. The normalized spacial score (nSPS) is 13.0. The Bertz CT molecular complexity index is 280. The van der Waals surface area contributed by atoms with Gasteiger partial charge in [0.15, 0.2) is 0 Å². The van der Waals surface area contributed by atoms with Gasteiger partial charge in [-0.15, -0.1) is 0 Å². The summed E-state index contributed by atoms with van der Waals surface area (Å²) < 4.78 is 0. The zero-order valence-corrected chi connectivity index (χ0v) is 10.3. The number of carbonyl (C=O) groups excluding carboxylic acids is 1. The lowest BCUT2D eigenvalue weighted by atomic mass is 10.1. The van der Waals surface area contributed by atoms with Gasteiger partial charge in [-0.25, -0.2) is 9.59 Å². The molecule has 17 heavy (non-hydrogen) atoms. The Morgan fingerprint density at radius 2 is 1.88 bits per heavy atom. The molecule has 1 unspecified atom stereocenters. The van der Waals surface area contributed by atoms with Gasteiger partial charge in [0.25, 0.3) is 0 Å². The second-order valence-corrected chi connectivity index (χ2v) is 4.38. The second-order valence-electron chi connectivity index (χ2n) is 4.38. The molecule has 7 heteroatoms. The van der Waals surface area contributed by atoms with Crippen molar-refractivity contribution in [3.05, 3.63) is 0 Å². The highest BCUT2D eigenvalue weighted by atomic mass is 16.4. The van der Waals surface area contributed by atoms with Gasteiger partial charge >= 0.3 is 12.0 Å². The third-order valence-electron chi connectivity index (χ3n) is 2.61. The van der Waals surface area contributed by atoms with Gasteiger partial charge in [-0.1, -0.05) is 0 Å². The first-order chi connectivity index (χ1) is 7.76. The van der Waals surface area contributed by atoms with E-state index in [4.69, 9.17) is 15.3 Å². The highest BCUT2D eigenvalue weighted by Crippen LogP contribution is 2.11. The first-order valence-corrected chi connectivity index (χ1v) is 5.25. The highest BCUT2D eigenvalue weighted by molar-refractivity contribution is 5.82. The summed E-state index contributed by atoms with van der Waals surface area (Å²) in [6, 6.07) is -1.74. The Labute approximate surface area is 100 Å². The molecule has 0 aliphatic carbocycles. The molecule has 0 bridgehead atoms. The van der Waals surface area contributed by atoms with Crippen molar-refractivity contribution >= 4 is 12.0 Å². The number of urea groups is 1. The molecular weight excluding hydrogens is 228 g/mol. The Kier molecular flexibility index (Phi) is 5.90. The van der Waals surface area contributed by atoms with E-state index < -0.39 is 23.6 Å². The molecule has 100 valence electrons.